The summed E-state index contributed by atoms with van der Waals surface area (Å²) in [5.74, 6) is 0. The highest BCUT2D eigenvalue weighted by Gasteiger charge is 2.39. The van der Waals surface area contributed by atoms with Crippen molar-refractivity contribution in [2.24, 2.45) is 5.73 Å². The van der Waals surface area contributed by atoms with Crippen molar-refractivity contribution in [2.75, 3.05) is 20.2 Å². The van der Waals surface area contributed by atoms with E-state index in [1.807, 2.05) is 0 Å². The lowest BCUT2D eigenvalue weighted by molar-refractivity contribution is -0.387. The Morgan fingerprint density at radius 2 is 2.14 bits per heavy atom. The third kappa shape index (κ3) is 3.12. The predicted molar refractivity (Wildman–Crippen MR) is 79.9 cm³/mol. The van der Waals surface area contributed by atoms with Gasteiger partial charge in [-0.3, -0.25) is 10.1 Å². The van der Waals surface area contributed by atoms with E-state index in [4.69, 9.17) is 10.5 Å². The first-order valence-corrected chi connectivity index (χ1v) is 8.34. The molecule has 0 aromatic heterocycles. The van der Waals surface area contributed by atoms with E-state index in [2.05, 4.69) is 0 Å². The smallest absolute Gasteiger partial charge is 0.289 e. The van der Waals surface area contributed by atoms with E-state index in [0.29, 0.717) is 12.8 Å². The van der Waals surface area contributed by atoms with Gasteiger partial charge in [-0.1, -0.05) is 12.1 Å². The predicted octanol–water partition coefficient (Wildman–Crippen LogP) is 0.722. The van der Waals surface area contributed by atoms with Gasteiger partial charge in [-0.25, -0.2) is 8.42 Å². The van der Waals surface area contributed by atoms with Gasteiger partial charge in [0.2, 0.25) is 10.0 Å². The number of para-hydroxylation sites is 1. The molecule has 2 N–H and O–H groups in total. The number of ether oxygens (including phenoxy) is 1. The van der Waals surface area contributed by atoms with Gasteiger partial charge in [0.15, 0.2) is 4.90 Å². The molecule has 0 aliphatic carbocycles. The average Bonchev–Trinajstić information content (AvgIpc) is 2.54. The first-order chi connectivity index (χ1) is 10.4. The number of nitrogens with two attached hydrogens (primary N) is 1. The van der Waals surface area contributed by atoms with Crippen LogP contribution in [0.3, 0.4) is 0 Å². The van der Waals surface area contributed by atoms with Crippen molar-refractivity contribution in [3.05, 3.63) is 34.4 Å². The summed E-state index contributed by atoms with van der Waals surface area (Å²) in [6, 6.07) is 4.92. The highest BCUT2D eigenvalue weighted by molar-refractivity contribution is 7.89. The monoisotopic (exact) mass is 329 g/mol. The highest BCUT2D eigenvalue weighted by Crippen LogP contribution is 2.31. The summed E-state index contributed by atoms with van der Waals surface area (Å²) >= 11 is 0. The molecule has 1 fully saturated rings. The molecule has 0 spiro atoms. The summed E-state index contributed by atoms with van der Waals surface area (Å²) in [4.78, 5) is 10.1. The molecule has 9 heteroatoms. The molecule has 0 bridgehead atoms. The quantitative estimate of drug-likeness (QED) is 0.628. The van der Waals surface area contributed by atoms with Crippen molar-refractivity contribution in [1.29, 1.82) is 0 Å². The zero-order valence-electron chi connectivity index (χ0n) is 12.2. The second-order valence-corrected chi connectivity index (χ2v) is 6.97. The van der Waals surface area contributed by atoms with Crippen LogP contribution in [0.2, 0.25) is 0 Å². The summed E-state index contributed by atoms with van der Waals surface area (Å²) in [6.45, 7) is 0.370. The molecule has 22 heavy (non-hydrogen) atoms. The van der Waals surface area contributed by atoms with Gasteiger partial charge in [0.05, 0.1) is 11.0 Å². The standard InChI is InChI=1S/C13H19N3O5S/c1-21-11-6-7-15(10(8-11)9-14)22(19,20)13-5-3-2-4-12(13)16(17)18/h2-5,10-11H,6-9,14H2,1H3. The van der Waals surface area contributed by atoms with Crippen LogP contribution >= 0.6 is 0 Å². The van der Waals surface area contributed by atoms with E-state index >= 15 is 0 Å². The van der Waals surface area contributed by atoms with Crippen LogP contribution in [0.15, 0.2) is 29.2 Å². The molecule has 8 nitrogen and oxygen atoms in total. The maximum atomic E-state index is 12.8. The van der Waals surface area contributed by atoms with Gasteiger partial charge in [-0.05, 0) is 18.9 Å². The Morgan fingerprint density at radius 3 is 2.73 bits per heavy atom. The number of nitro groups is 1. The number of sulfonamides is 1. The largest absolute Gasteiger partial charge is 0.381 e. The summed E-state index contributed by atoms with van der Waals surface area (Å²) in [5.41, 5.74) is 5.26. The molecular formula is C13H19N3O5S. The molecule has 1 aliphatic rings. The Kier molecular flexibility index (Phi) is 5.12. The number of benzene rings is 1. The topological polar surface area (TPSA) is 116 Å². The Morgan fingerprint density at radius 1 is 1.45 bits per heavy atom. The van der Waals surface area contributed by atoms with E-state index < -0.39 is 26.7 Å². The van der Waals surface area contributed by atoms with Crippen molar-refractivity contribution in [3.63, 3.8) is 0 Å². The third-order valence-corrected chi connectivity index (χ3v) is 5.87. The van der Waals surface area contributed by atoms with Crippen molar-refractivity contribution in [2.45, 2.75) is 29.9 Å². The molecule has 1 aromatic rings. The van der Waals surface area contributed by atoms with E-state index in [9.17, 15) is 18.5 Å². The highest BCUT2D eigenvalue weighted by atomic mass is 32.2. The van der Waals surface area contributed by atoms with Crippen molar-refractivity contribution in [1.82, 2.24) is 4.31 Å². The van der Waals surface area contributed by atoms with Crippen molar-refractivity contribution in [3.8, 4) is 0 Å². The van der Waals surface area contributed by atoms with Gasteiger partial charge in [-0.2, -0.15) is 4.31 Å². The Balaban J connectivity index is 2.40. The molecule has 122 valence electrons. The number of hydrogen-bond donors (Lipinski definition) is 1. The lowest BCUT2D eigenvalue weighted by Crippen LogP contribution is -2.51. The Hall–Kier alpha value is -1.55. The minimum absolute atomic E-state index is 0.0502. The fourth-order valence-electron chi connectivity index (χ4n) is 2.69. The van der Waals surface area contributed by atoms with Crippen LogP contribution in [-0.4, -0.2) is 50.0 Å². The molecule has 1 saturated heterocycles. The van der Waals surface area contributed by atoms with Crippen LogP contribution in [-0.2, 0) is 14.8 Å². The van der Waals surface area contributed by atoms with Gasteiger partial charge >= 0.3 is 0 Å². The fourth-order valence-corrected chi connectivity index (χ4v) is 4.51. The minimum atomic E-state index is -3.97. The lowest BCUT2D eigenvalue weighted by Gasteiger charge is -2.37. The Labute approximate surface area is 129 Å². The van der Waals surface area contributed by atoms with E-state index in [0.717, 1.165) is 0 Å². The van der Waals surface area contributed by atoms with E-state index in [1.54, 1.807) is 7.11 Å². The van der Waals surface area contributed by atoms with Crippen LogP contribution in [0.25, 0.3) is 0 Å². The number of nitro benzene ring substituents is 1. The van der Waals surface area contributed by atoms with Gasteiger partial charge in [-0.15, -0.1) is 0 Å². The fraction of sp³-hybridized carbons (Fsp3) is 0.538. The summed E-state index contributed by atoms with van der Waals surface area (Å²) in [6.07, 6.45) is 0.963. The first-order valence-electron chi connectivity index (χ1n) is 6.90. The van der Waals surface area contributed by atoms with Crippen LogP contribution in [0.1, 0.15) is 12.8 Å². The van der Waals surface area contributed by atoms with Gasteiger partial charge in [0, 0.05) is 32.3 Å². The molecule has 0 radical (unpaired) electrons. The zero-order valence-corrected chi connectivity index (χ0v) is 13.0. The second kappa shape index (κ2) is 6.69. The molecule has 1 heterocycles. The molecule has 0 saturated carbocycles. The first kappa shape index (κ1) is 16.8. The van der Waals surface area contributed by atoms with Gasteiger partial charge in [0.1, 0.15) is 0 Å². The third-order valence-electron chi connectivity index (χ3n) is 3.87. The van der Waals surface area contributed by atoms with Gasteiger partial charge in [0.25, 0.3) is 5.69 Å². The maximum absolute atomic E-state index is 12.8. The van der Waals surface area contributed by atoms with Crippen LogP contribution in [0.4, 0.5) is 5.69 Å². The molecular weight excluding hydrogens is 310 g/mol. The molecule has 0 amide bonds. The van der Waals surface area contributed by atoms with Crippen molar-refractivity contribution < 1.29 is 18.1 Å². The maximum Gasteiger partial charge on any atom is 0.289 e. The normalized spacial score (nSPS) is 23.4. The molecule has 2 atom stereocenters. The molecule has 1 aromatic carbocycles. The summed E-state index contributed by atoms with van der Waals surface area (Å²) < 4.78 is 32.1. The number of piperidine rings is 1. The summed E-state index contributed by atoms with van der Waals surface area (Å²) in [7, 11) is -2.40. The zero-order chi connectivity index (χ0) is 16.3. The number of nitrogens with zero attached hydrogens (tertiary/aromatic N) is 2. The van der Waals surface area contributed by atoms with Crippen LogP contribution < -0.4 is 5.73 Å². The number of hydrogen-bond acceptors (Lipinski definition) is 6. The summed E-state index contributed by atoms with van der Waals surface area (Å²) in [5, 5.41) is 11.1. The van der Waals surface area contributed by atoms with E-state index in [1.165, 1.54) is 28.6 Å². The van der Waals surface area contributed by atoms with Gasteiger partial charge < -0.3 is 10.5 Å². The average molecular weight is 329 g/mol. The van der Waals surface area contributed by atoms with Crippen molar-refractivity contribution >= 4 is 15.7 Å². The Bertz CT molecular complexity index is 649. The van der Waals surface area contributed by atoms with Crippen LogP contribution in [0.5, 0.6) is 0 Å². The lowest BCUT2D eigenvalue weighted by atomic mass is 10.0. The minimum Gasteiger partial charge on any atom is -0.381 e. The molecule has 1 aliphatic heterocycles. The second-order valence-electron chi connectivity index (χ2n) is 5.11. The SMILES string of the molecule is COC1CCN(S(=O)(=O)c2ccccc2[N+](=O)[O-])C(CN)C1. The van der Waals surface area contributed by atoms with Crippen LogP contribution in [0, 0.1) is 10.1 Å². The molecule has 2 unspecified atom stereocenters. The number of methoxy groups -OCH3 is 1. The van der Waals surface area contributed by atoms with E-state index in [-0.39, 0.29) is 24.1 Å². The number of rotatable bonds is 5. The molecule has 2 rings (SSSR count).